The second-order valence-electron chi connectivity index (χ2n) is 6.07. The molecule has 2 amide bonds. The number of anilines is 1. The van der Waals surface area contributed by atoms with Gasteiger partial charge in [-0.1, -0.05) is 0 Å². The number of halogens is 1. The number of carbonyl (C=O) groups is 2. The fourth-order valence-electron chi connectivity index (χ4n) is 2.77. The maximum Gasteiger partial charge on any atom is 0.230 e. The van der Waals surface area contributed by atoms with Crippen molar-refractivity contribution in [1.82, 2.24) is 9.88 Å². The molecule has 5 nitrogen and oxygen atoms in total. The van der Waals surface area contributed by atoms with Gasteiger partial charge in [0.05, 0.1) is 11.4 Å². The molecule has 1 N–H and O–H groups in total. The number of thiazole rings is 1. The summed E-state index contributed by atoms with van der Waals surface area (Å²) in [5.74, 6) is -0.854. The molecular formula is C17H18FN3O2S. The van der Waals surface area contributed by atoms with Crippen molar-refractivity contribution in [3.8, 4) is 11.3 Å². The van der Waals surface area contributed by atoms with Gasteiger partial charge in [0.15, 0.2) is 0 Å². The lowest BCUT2D eigenvalue weighted by Crippen LogP contribution is -2.33. The molecule has 1 aromatic carbocycles. The molecule has 0 bridgehead atoms. The van der Waals surface area contributed by atoms with Crippen LogP contribution >= 0.6 is 11.3 Å². The predicted molar refractivity (Wildman–Crippen MR) is 91.1 cm³/mol. The van der Waals surface area contributed by atoms with Gasteiger partial charge in [0, 0.05) is 24.6 Å². The molecular weight excluding hydrogens is 329 g/mol. The summed E-state index contributed by atoms with van der Waals surface area (Å²) in [5.41, 5.74) is 2.98. The van der Waals surface area contributed by atoms with E-state index < -0.39 is 0 Å². The Kier molecular flexibility index (Phi) is 4.62. The standard InChI is InChI=1S/C17H18FN3O2S/c1-10(2)21-8-12(7-14(21)22)16(23)20-17-15(19-9-24-17)11-3-5-13(18)6-4-11/h3-6,9-10,12H,7-8H2,1-2H3,(H,20,23). The van der Waals surface area contributed by atoms with Gasteiger partial charge < -0.3 is 10.2 Å². The molecule has 1 aliphatic heterocycles. The number of likely N-dealkylation sites (tertiary alicyclic amines) is 1. The van der Waals surface area contributed by atoms with Gasteiger partial charge in [-0.05, 0) is 38.1 Å². The van der Waals surface area contributed by atoms with Crippen LogP contribution in [0.1, 0.15) is 20.3 Å². The van der Waals surface area contributed by atoms with E-state index in [1.807, 2.05) is 13.8 Å². The molecule has 7 heteroatoms. The second kappa shape index (κ2) is 6.68. The molecule has 0 spiro atoms. The largest absolute Gasteiger partial charge is 0.339 e. The Morgan fingerprint density at radius 2 is 2.08 bits per heavy atom. The third kappa shape index (κ3) is 3.31. The van der Waals surface area contributed by atoms with Gasteiger partial charge in [0.2, 0.25) is 11.8 Å². The third-order valence-corrected chi connectivity index (χ3v) is 4.82. The summed E-state index contributed by atoms with van der Waals surface area (Å²) < 4.78 is 13.1. The van der Waals surface area contributed by atoms with Crippen molar-refractivity contribution in [2.45, 2.75) is 26.3 Å². The molecule has 3 rings (SSSR count). The van der Waals surface area contributed by atoms with Crippen LogP contribution < -0.4 is 5.32 Å². The zero-order chi connectivity index (χ0) is 17.3. The lowest BCUT2D eigenvalue weighted by Gasteiger charge is -2.20. The molecule has 1 fully saturated rings. The SMILES string of the molecule is CC(C)N1CC(C(=O)Nc2scnc2-c2ccc(F)cc2)CC1=O. The van der Waals surface area contributed by atoms with Crippen molar-refractivity contribution in [2.75, 3.05) is 11.9 Å². The minimum Gasteiger partial charge on any atom is -0.339 e. The normalized spacial score (nSPS) is 17.6. The highest BCUT2D eigenvalue weighted by molar-refractivity contribution is 7.14. The first-order chi connectivity index (χ1) is 11.5. The van der Waals surface area contributed by atoms with Crippen LogP contribution in [0.5, 0.6) is 0 Å². The highest BCUT2D eigenvalue weighted by Crippen LogP contribution is 2.31. The summed E-state index contributed by atoms with van der Waals surface area (Å²) in [7, 11) is 0. The van der Waals surface area contributed by atoms with E-state index in [9.17, 15) is 14.0 Å². The van der Waals surface area contributed by atoms with Gasteiger partial charge in [-0.15, -0.1) is 11.3 Å². The number of hydrogen-bond acceptors (Lipinski definition) is 4. The van der Waals surface area contributed by atoms with Crippen molar-refractivity contribution >= 4 is 28.2 Å². The predicted octanol–water partition coefficient (Wildman–Crippen LogP) is 3.14. The van der Waals surface area contributed by atoms with Gasteiger partial charge in [0.1, 0.15) is 16.5 Å². The first-order valence-electron chi connectivity index (χ1n) is 7.75. The summed E-state index contributed by atoms with van der Waals surface area (Å²) in [6.45, 7) is 4.31. The van der Waals surface area contributed by atoms with E-state index in [1.54, 1.807) is 22.5 Å². The quantitative estimate of drug-likeness (QED) is 0.924. The highest BCUT2D eigenvalue weighted by atomic mass is 32.1. The lowest BCUT2D eigenvalue weighted by molar-refractivity contribution is -0.129. The van der Waals surface area contributed by atoms with Crippen LogP contribution in [0.4, 0.5) is 9.39 Å². The molecule has 0 aliphatic carbocycles. The number of amides is 2. The topological polar surface area (TPSA) is 62.3 Å². The molecule has 0 radical (unpaired) electrons. The maximum atomic E-state index is 13.1. The number of benzene rings is 1. The van der Waals surface area contributed by atoms with Gasteiger partial charge in [-0.3, -0.25) is 9.59 Å². The second-order valence-corrected chi connectivity index (χ2v) is 6.92. The van der Waals surface area contributed by atoms with E-state index >= 15 is 0 Å². The fraction of sp³-hybridized carbons (Fsp3) is 0.353. The molecule has 24 heavy (non-hydrogen) atoms. The fourth-order valence-corrected chi connectivity index (χ4v) is 3.47. The highest BCUT2D eigenvalue weighted by Gasteiger charge is 2.35. The van der Waals surface area contributed by atoms with E-state index in [4.69, 9.17) is 0 Å². The average Bonchev–Trinajstić information content (AvgIpc) is 3.15. The molecule has 126 valence electrons. The molecule has 0 saturated carbocycles. The van der Waals surface area contributed by atoms with Gasteiger partial charge >= 0.3 is 0 Å². The number of hydrogen-bond donors (Lipinski definition) is 1. The van der Waals surface area contributed by atoms with Crippen molar-refractivity contribution in [3.63, 3.8) is 0 Å². The minimum atomic E-state index is -0.358. The van der Waals surface area contributed by atoms with Crippen molar-refractivity contribution in [2.24, 2.45) is 5.92 Å². The maximum absolute atomic E-state index is 13.1. The van der Waals surface area contributed by atoms with E-state index in [0.29, 0.717) is 17.2 Å². The Morgan fingerprint density at radius 3 is 2.71 bits per heavy atom. The zero-order valence-electron chi connectivity index (χ0n) is 13.5. The molecule has 1 saturated heterocycles. The minimum absolute atomic E-state index is 0.00760. The molecule has 2 aromatic rings. The Bertz CT molecular complexity index is 757. The summed E-state index contributed by atoms with van der Waals surface area (Å²) in [6, 6.07) is 6.06. The first-order valence-corrected chi connectivity index (χ1v) is 8.63. The summed E-state index contributed by atoms with van der Waals surface area (Å²) >= 11 is 1.31. The van der Waals surface area contributed by atoms with Gasteiger partial charge in [-0.25, -0.2) is 9.37 Å². The average molecular weight is 347 g/mol. The van der Waals surface area contributed by atoms with Crippen LogP contribution in [0.3, 0.4) is 0 Å². The lowest BCUT2D eigenvalue weighted by atomic mass is 10.1. The van der Waals surface area contributed by atoms with E-state index in [-0.39, 0.29) is 36.0 Å². The Labute approximate surface area is 143 Å². The van der Waals surface area contributed by atoms with Gasteiger partial charge in [-0.2, -0.15) is 0 Å². The molecule has 1 aliphatic rings. The van der Waals surface area contributed by atoms with Crippen molar-refractivity contribution in [1.29, 1.82) is 0 Å². The van der Waals surface area contributed by atoms with Gasteiger partial charge in [0.25, 0.3) is 0 Å². The number of rotatable bonds is 4. The van der Waals surface area contributed by atoms with E-state index in [2.05, 4.69) is 10.3 Å². The molecule has 1 atom stereocenters. The van der Waals surface area contributed by atoms with Crippen LogP contribution in [0.15, 0.2) is 29.8 Å². The van der Waals surface area contributed by atoms with E-state index in [1.165, 1.54) is 23.5 Å². The molecule has 2 heterocycles. The van der Waals surface area contributed by atoms with Crippen molar-refractivity contribution in [3.05, 3.63) is 35.6 Å². The van der Waals surface area contributed by atoms with Crippen LogP contribution in [0, 0.1) is 11.7 Å². The third-order valence-electron chi connectivity index (χ3n) is 4.07. The molecule has 1 aromatic heterocycles. The number of nitrogens with zero attached hydrogens (tertiary/aromatic N) is 2. The van der Waals surface area contributed by atoms with Crippen LogP contribution in [0.2, 0.25) is 0 Å². The number of aromatic nitrogens is 1. The summed E-state index contributed by atoms with van der Waals surface area (Å²) in [4.78, 5) is 30.4. The van der Waals surface area contributed by atoms with Crippen LogP contribution in [-0.2, 0) is 9.59 Å². The summed E-state index contributed by atoms with van der Waals surface area (Å²) in [5, 5.41) is 3.48. The number of carbonyl (C=O) groups excluding carboxylic acids is 2. The first kappa shape index (κ1) is 16.6. The Hall–Kier alpha value is -2.28. The van der Waals surface area contributed by atoms with Crippen LogP contribution in [0.25, 0.3) is 11.3 Å². The monoisotopic (exact) mass is 347 g/mol. The zero-order valence-corrected chi connectivity index (χ0v) is 14.3. The number of nitrogens with one attached hydrogen (secondary N) is 1. The Morgan fingerprint density at radius 1 is 1.38 bits per heavy atom. The van der Waals surface area contributed by atoms with Crippen molar-refractivity contribution < 1.29 is 14.0 Å². The van der Waals surface area contributed by atoms with Crippen LogP contribution in [-0.4, -0.2) is 34.3 Å². The van der Waals surface area contributed by atoms with E-state index in [0.717, 1.165) is 5.56 Å². The summed E-state index contributed by atoms with van der Waals surface area (Å²) in [6.07, 6.45) is 0.231. The molecule has 1 unspecified atom stereocenters. The smallest absolute Gasteiger partial charge is 0.230 e. The Balaban J connectivity index is 1.73.